The highest BCUT2D eigenvalue weighted by atomic mass is 16.5. The van der Waals surface area contributed by atoms with Crippen molar-refractivity contribution in [3.63, 3.8) is 0 Å². The van der Waals surface area contributed by atoms with Gasteiger partial charge in [-0.25, -0.2) is 0 Å². The first kappa shape index (κ1) is 12.3. The predicted molar refractivity (Wildman–Crippen MR) is 74.1 cm³/mol. The first-order valence-corrected chi connectivity index (χ1v) is 6.21. The maximum atomic E-state index is 9.79. The van der Waals surface area contributed by atoms with E-state index >= 15 is 0 Å². The quantitative estimate of drug-likeness (QED) is 0.772. The molecule has 1 aromatic carbocycles. The molecule has 3 rings (SSSR count). The highest BCUT2D eigenvalue weighted by molar-refractivity contribution is 5.64. The van der Waals surface area contributed by atoms with Crippen LogP contribution >= 0.6 is 0 Å². The van der Waals surface area contributed by atoms with Crippen LogP contribution in [-0.2, 0) is 0 Å². The van der Waals surface area contributed by atoms with Crippen molar-refractivity contribution in [1.82, 2.24) is 15.1 Å². The van der Waals surface area contributed by atoms with Gasteiger partial charge in [-0.2, -0.15) is 4.98 Å². The Balaban J connectivity index is 2.04. The van der Waals surface area contributed by atoms with E-state index in [9.17, 15) is 5.11 Å². The van der Waals surface area contributed by atoms with E-state index in [1.807, 2.05) is 26.0 Å². The van der Waals surface area contributed by atoms with Gasteiger partial charge < -0.3 is 9.63 Å². The molecule has 100 valence electrons. The van der Waals surface area contributed by atoms with Crippen molar-refractivity contribution in [3.05, 3.63) is 47.8 Å². The van der Waals surface area contributed by atoms with Gasteiger partial charge in [0.25, 0.3) is 5.89 Å². The van der Waals surface area contributed by atoms with Crippen LogP contribution < -0.4 is 0 Å². The maximum Gasteiger partial charge on any atom is 0.261 e. The lowest BCUT2D eigenvalue weighted by atomic mass is 10.2. The lowest BCUT2D eigenvalue weighted by Gasteiger charge is -1.99. The highest BCUT2D eigenvalue weighted by Gasteiger charge is 2.14. The van der Waals surface area contributed by atoms with E-state index in [1.54, 1.807) is 24.3 Å². The molecule has 3 aromatic rings. The minimum absolute atomic E-state index is 0.116. The van der Waals surface area contributed by atoms with E-state index in [0.29, 0.717) is 17.3 Å². The van der Waals surface area contributed by atoms with Crippen LogP contribution in [0, 0.1) is 13.8 Å². The molecule has 0 fully saturated rings. The van der Waals surface area contributed by atoms with Crippen molar-refractivity contribution in [3.8, 4) is 28.6 Å². The zero-order valence-corrected chi connectivity index (χ0v) is 11.2. The number of aryl methyl sites for hydroxylation is 2. The molecule has 20 heavy (non-hydrogen) atoms. The predicted octanol–water partition coefficient (Wildman–Crippen LogP) is 3.12. The standard InChI is InChI=1S/C15H13N3O2/c1-9-7-11(8-10(2)16-9)14-17-15(20-18-14)12-5-3-4-6-13(12)19/h3-8,19H,1-2H3. The Bertz CT molecular complexity index is 745. The summed E-state index contributed by atoms with van der Waals surface area (Å²) in [5.41, 5.74) is 3.16. The van der Waals surface area contributed by atoms with Crippen LogP contribution in [0.1, 0.15) is 11.4 Å². The molecule has 0 unspecified atom stereocenters. The van der Waals surface area contributed by atoms with E-state index in [4.69, 9.17) is 4.52 Å². The van der Waals surface area contributed by atoms with E-state index in [-0.39, 0.29) is 5.75 Å². The molecule has 0 saturated heterocycles. The van der Waals surface area contributed by atoms with Gasteiger partial charge in [0.1, 0.15) is 5.75 Å². The van der Waals surface area contributed by atoms with Gasteiger partial charge >= 0.3 is 0 Å². The summed E-state index contributed by atoms with van der Waals surface area (Å²) in [7, 11) is 0. The third-order valence-electron chi connectivity index (χ3n) is 2.90. The average Bonchev–Trinajstić information content (AvgIpc) is 2.87. The fourth-order valence-electron chi connectivity index (χ4n) is 2.07. The number of benzene rings is 1. The van der Waals surface area contributed by atoms with Crippen LogP contribution in [0.15, 0.2) is 40.9 Å². The minimum atomic E-state index is 0.116. The molecule has 0 amide bonds. The summed E-state index contributed by atoms with van der Waals surface area (Å²) >= 11 is 0. The molecule has 0 bridgehead atoms. The van der Waals surface area contributed by atoms with Crippen LogP contribution in [0.3, 0.4) is 0 Å². The highest BCUT2D eigenvalue weighted by Crippen LogP contribution is 2.29. The molecule has 0 aliphatic carbocycles. The third-order valence-corrected chi connectivity index (χ3v) is 2.90. The molecule has 0 atom stereocenters. The van der Waals surface area contributed by atoms with Crippen LogP contribution in [0.25, 0.3) is 22.8 Å². The topological polar surface area (TPSA) is 72.0 Å². The number of hydrogen-bond acceptors (Lipinski definition) is 5. The largest absolute Gasteiger partial charge is 0.507 e. The van der Waals surface area contributed by atoms with Crippen LogP contribution in [0.4, 0.5) is 0 Å². The summed E-state index contributed by atoms with van der Waals surface area (Å²) in [5, 5.41) is 13.8. The summed E-state index contributed by atoms with van der Waals surface area (Å²) in [6.07, 6.45) is 0. The monoisotopic (exact) mass is 267 g/mol. The Kier molecular flexibility index (Phi) is 2.95. The van der Waals surface area contributed by atoms with Crippen LogP contribution in [0.2, 0.25) is 0 Å². The lowest BCUT2D eigenvalue weighted by Crippen LogP contribution is -1.89. The molecule has 5 nitrogen and oxygen atoms in total. The normalized spacial score (nSPS) is 10.7. The number of rotatable bonds is 2. The zero-order valence-electron chi connectivity index (χ0n) is 11.2. The number of nitrogens with zero attached hydrogens (tertiary/aromatic N) is 3. The van der Waals surface area contributed by atoms with Crippen molar-refractivity contribution >= 4 is 0 Å². The summed E-state index contributed by atoms with van der Waals surface area (Å²) in [6, 6.07) is 10.7. The number of aromatic hydroxyl groups is 1. The number of aromatic nitrogens is 3. The van der Waals surface area contributed by atoms with E-state index in [0.717, 1.165) is 17.0 Å². The minimum Gasteiger partial charge on any atom is -0.507 e. The Labute approximate surface area is 115 Å². The molecule has 5 heteroatoms. The molecule has 1 N–H and O–H groups in total. The Morgan fingerprint density at radius 2 is 1.70 bits per heavy atom. The average molecular weight is 267 g/mol. The molecule has 0 spiro atoms. The lowest BCUT2D eigenvalue weighted by molar-refractivity contribution is 0.425. The Hall–Kier alpha value is -2.69. The fourth-order valence-corrected chi connectivity index (χ4v) is 2.07. The molecule has 2 aromatic heterocycles. The van der Waals surface area contributed by atoms with Crippen molar-refractivity contribution in [2.75, 3.05) is 0 Å². The number of hydrogen-bond donors (Lipinski definition) is 1. The summed E-state index contributed by atoms with van der Waals surface area (Å²) in [4.78, 5) is 8.64. The van der Waals surface area contributed by atoms with Gasteiger partial charge in [0.05, 0.1) is 5.56 Å². The van der Waals surface area contributed by atoms with E-state index < -0.39 is 0 Å². The Morgan fingerprint density at radius 3 is 2.40 bits per heavy atom. The second kappa shape index (κ2) is 4.77. The van der Waals surface area contributed by atoms with Crippen molar-refractivity contribution in [2.45, 2.75) is 13.8 Å². The van der Waals surface area contributed by atoms with Gasteiger partial charge in [-0.05, 0) is 38.1 Å². The maximum absolute atomic E-state index is 9.79. The number of para-hydroxylation sites is 1. The first-order chi connectivity index (χ1) is 9.63. The number of phenolic OH excluding ortho intramolecular Hbond substituents is 1. The van der Waals surface area contributed by atoms with Crippen molar-refractivity contribution in [2.24, 2.45) is 0 Å². The summed E-state index contributed by atoms with van der Waals surface area (Å²) in [6.45, 7) is 3.83. The molecule has 0 aliphatic rings. The molecule has 2 heterocycles. The van der Waals surface area contributed by atoms with Crippen LogP contribution in [0.5, 0.6) is 5.75 Å². The van der Waals surface area contributed by atoms with Gasteiger partial charge in [0.2, 0.25) is 5.82 Å². The summed E-state index contributed by atoms with van der Waals surface area (Å²) in [5.74, 6) is 0.895. The molecule has 0 saturated carbocycles. The number of phenols is 1. The third kappa shape index (κ3) is 2.25. The Morgan fingerprint density at radius 1 is 1.00 bits per heavy atom. The van der Waals surface area contributed by atoms with Gasteiger partial charge in [-0.15, -0.1) is 0 Å². The molecular formula is C15H13N3O2. The first-order valence-electron chi connectivity index (χ1n) is 6.21. The molecule has 0 radical (unpaired) electrons. The van der Waals surface area contributed by atoms with E-state index in [1.165, 1.54) is 0 Å². The zero-order chi connectivity index (χ0) is 14.1. The SMILES string of the molecule is Cc1cc(-c2noc(-c3ccccc3O)n2)cc(C)n1. The molecule has 0 aliphatic heterocycles. The summed E-state index contributed by atoms with van der Waals surface area (Å²) < 4.78 is 5.22. The molecular weight excluding hydrogens is 254 g/mol. The van der Waals surface area contributed by atoms with Gasteiger partial charge in [-0.1, -0.05) is 17.3 Å². The number of pyridine rings is 1. The van der Waals surface area contributed by atoms with Crippen LogP contribution in [-0.4, -0.2) is 20.2 Å². The second-order valence-corrected chi connectivity index (χ2v) is 4.58. The van der Waals surface area contributed by atoms with Gasteiger partial charge in [-0.3, -0.25) is 4.98 Å². The van der Waals surface area contributed by atoms with Gasteiger partial charge in [0, 0.05) is 17.0 Å². The van der Waals surface area contributed by atoms with Crippen molar-refractivity contribution < 1.29 is 9.63 Å². The van der Waals surface area contributed by atoms with E-state index in [2.05, 4.69) is 15.1 Å². The fraction of sp³-hybridized carbons (Fsp3) is 0.133. The second-order valence-electron chi connectivity index (χ2n) is 4.58. The van der Waals surface area contributed by atoms with Crippen molar-refractivity contribution in [1.29, 1.82) is 0 Å². The van der Waals surface area contributed by atoms with Gasteiger partial charge in [0.15, 0.2) is 0 Å². The smallest absolute Gasteiger partial charge is 0.261 e.